The second-order valence-electron chi connectivity index (χ2n) is 5.48. The van der Waals surface area contributed by atoms with E-state index in [9.17, 15) is 0 Å². The standard InChI is InChI=1S/C14H23NO2/c1-14(2,3)5-6-17-10-11-7-12(15)9-13(8-11)16-4/h7-9H,5-6,10,15H2,1-4H3. The molecule has 0 heterocycles. The molecule has 3 heteroatoms. The summed E-state index contributed by atoms with van der Waals surface area (Å²) >= 11 is 0. The molecular weight excluding hydrogens is 214 g/mol. The van der Waals surface area contributed by atoms with E-state index in [0.29, 0.717) is 17.7 Å². The quantitative estimate of drug-likeness (QED) is 0.631. The predicted molar refractivity (Wildman–Crippen MR) is 71.1 cm³/mol. The molecule has 1 aromatic carbocycles. The molecule has 3 nitrogen and oxygen atoms in total. The molecule has 0 unspecified atom stereocenters. The van der Waals surface area contributed by atoms with Crippen molar-refractivity contribution in [2.75, 3.05) is 19.5 Å². The molecule has 0 fully saturated rings. The lowest BCUT2D eigenvalue weighted by atomic mass is 9.93. The van der Waals surface area contributed by atoms with Crippen LogP contribution in [0.5, 0.6) is 5.75 Å². The first-order valence-corrected chi connectivity index (χ1v) is 5.92. The van der Waals surface area contributed by atoms with Crippen molar-refractivity contribution in [3.8, 4) is 5.75 Å². The zero-order valence-corrected chi connectivity index (χ0v) is 11.2. The summed E-state index contributed by atoms with van der Waals surface area (Å²) in [4.78, 5) is 0. The predicted octanol–water partition coefficient (Wildman–Crippen LogP) is 3.23. The van der Waals surface area contributed by atoms with Crippen LogP contribution in [0.3, 0.4) is 0 Å². The minimum absolute atomic E-state index is 0.313. The van der Waals surface area contributed by atoms with E-state index >= 15 is 0 Å². The van der Waals surface area contributed by atoms with Gasteiger partial charge in [0, 0.05) is 18.4 Å². The monoisotopic (exact) mass is 237 g/mol. The van der Waals surface area contributed by atoms with Crippen molar-refractivity contribution in [3.05, 3.63) is 23.8 Å². The number of benzene rings is 1. The Balaban J connectivity index is 2.44. The normalized spacial score (nSPS) is 11.5. The second kappa shape index (κ2) is 5.92. The Hall–Kier alpha value is -1.22. The molecule has 0 saturated carbocycles. The fraction of sp³-hybridized carbons (Fsp3) is 0.571. The summed E-state index contributed by atoms with van der Waals surface area (Å²) in [6.45, 7) is 7.97. The zero-order chi connectivity index (χ0) is 12.9. The van der Waals surface area contributed by atoms with Crippen molar-refractivity contribution in [1.29, 1.82) is 0 Å². The summed E-state index contributed by atoms with van der Waals surface area (Å²) in [5, 5.41) is 0. The van der Waals surface area contributed by atoms with Crippen LogP contribution < -0.4 is 10.5 Å². The van der Waals surface area contributed by atoms with E-state index in [1.54, 1.807) is 13.2 Å². The van der Waals surface area contributed by atoms with E-state index in [4.69, 9.17) is 15.2 Å². The van der Waals surface area contributed by atoms with Gasteiger partial charge in [-0.2, -0.15) is 0 Å². The number of ether oxygens (including phenoxy) is 2. The highest BCUT2D eigenvalue weighted by Gasteiger charge is 2.09. The third-order valence-corrected chi connectivity index (χ3v) is 2.49. The van der Waals surface area contributed by atoms with Crippen molar-refractivity contribution in [2.45, 2.75) is 33.8 Å². The van der Waals surface area contributed by atoms with Crippen molar-refractivity contribution >= 4 is 5.69 Å². The van der Waals surface area contributed by atoms with Crippen LogP contribution in [0.4, 0.5) is 5.69 Å². The van der Waals surface area contributed by atoms with Crippen LogP contribution in [0, 0.1) is 5.41 Å². The van der Waals surface area contributed by atoms with Gasteiger partial charge in [0.1, 0.15) is 5.75 Å². The highest BCUT2D eigenvalue weighted by molar-refractivity contribution is 5.47. The third-order valence-electron chi connectivity index (χ3n) is 2.49. The summed E-state index contributed by atoms with van der Waals surface area (Å²) in [5.41, 5.74) is 7.84. The van der Waals surface area contributed by atoms with Gasteiger partial charge in [-0.1, -0.05) is 20.8 Å². The summed E-state index contributed by atoms with van der Waals surface area (Å²) in [6, 6.07) is 5.67. The topological polar surface area (TPSA) is 44.5 Å². The maximum Gasteiger partial charge on any atom is 0.121 e. The number of hydrogen-bond donors (Lipinski definition) is 1. The van der Waals surface area contributed by atoms with Crippen LogP contribution in [0.1, 0.15) is 32.8 Å². The SMILES string of the molecule is COc1cc(N)cc(COCCC(C)(C)C)c1. The van der Waals surface area contributed by atoms with Crippen molar-refractivity contribution in [2.24, 2.45) is 5.41 Å². The molecule has 0 saturated heterocycles. The average Bonchev–Trinajstić information content (AvgIpc) is 2.22. The molecule has 2 N–H and O–H groups in total. The third kappa shape index (κ3) is 5.59. The van der Waals surface area contributed by atoms with Gasteiger partial charge in [-0.25, -0.2) is 0 Å². The molecule has 0 aliphatic carbocycles. The van der Waals surface area contributed by atoms with E-state index < -0.39 is 0 Å². The van der Waals surface area contributed by atoms with Gasteiger partial charge in [0.15, 0.2) is 0 Å². The Bertz CT molecular complexity index is 356. The molecular formula is C14H23NO2. The Morgan fingerprint density at radius 1 is 1.18 bits per heavy atom. The highest BCUT2D eigenvalue weighted by atomic mass is 16.5. The number of nitrogen functional groups attached to an aromatic ring is 1. The molecule has 0 amide bonds. The largest absolute Gasteiger partial charge is 0.497 e. The maximum atomic E-state index is 5.77. The molecule has 1 aromatic rings. The van der Waals surface area contributed by atoms with Crippen LogP contribution in [0.2, 0.25) is 0 Å². The van der Waals surface area contributed by atoms with Gasteiger partial charge < -0.3 is 15.2 Å². The van der Waals surface area contributed by atoms with Crippen LogP contribution in [0.25, 0.3) is 0 Å². The number of rotatable bonds is 5. The van der Waals surface area contributed by atoms with Crippen molar-refractivity contribution in [3.63, 3.8) is 0 Å². The van der Waals surface area contributed by atoms with Crippen LogP contribution >= 0.6 is 0 Å². The molecule has 1 rings (SSSR count). The summed E-state index contributed by atoms with van der Waals surface area (Å²) in [6.07, 6.45) is 1.05. The van der Waals surface area contributed by atoms with Crippen LogP contribution in [-0.4, -0.2) is 13.7 Å². The number of hydrogen-bond acceptors (Lipinski definition) is 3. The van der Waals surface area contributed by atoms with E-state index in [0.717, 1.165) is 24.3 Å². The fourth-order valence-electron chi connectivity index (χ4n) is 1.46. The summed E-state index contributed by atoms with van der Waals surface area (Å²) in [5.74, 6) is 0.777. The van der Waals surface area contributed by atoms with Gasteiger partial charge >= 0.3 is 0 Å². The molecule has 0 aliphatic rings. The first kappa shape index (κ1) is 13.8. The first-order valence-electron chi connectivity index (χ1n) is 5.92. The van der Waals surface area contributed by atoms with E-state index in [1.165, 1.54) is 0 Å². The van der Waals surface area contributed by atoms with Gasteiger partial charge in [-0.3, -0.25) is 0 Å². The Morgan fingerprint density at radius 2 is 1.88 bits per heavy atom. The van der Waals surface area contributed by atoms with E-state index in [1.807, 2.05) is 12.1 Å². The van der Waals surface area contributed by atoms with Crippen molar-refractivity contribution in [1.82, 2.24) is 0 Å². The van der Waals surface area contributed by atoms with Gasteiger partial charge in [0.05, 0.1) is 13.7 Å². The Kier molecular flexibility index (Phi) is 4.82. The lowest BCUT2D eigenvalue weighted by Crippen LogP contribution is -2.09. The zero-order valence-electron chi connectivity index (χ0n) is 11.2. The lowest BCUT2D eigenvalue weighted by molar-refractivity contribution is 0.0961. The first-order chi connectivity index (χ1) is 7.90. The van der Waals surface area contributed by atoms with Crippen molar-refractivity contribution < 1.29 is 9.47 Å². The van der Waals surface area contributed by atoms with Crippen LogP contribution in [-0.2, 0) is 11.3 Å². The number of anilines is 1. The van der Waals surface area contributed by atoms with E-state index in [2.05, 4.69) is 20.8 Å². The molecule has 0 aliphatic heterocycles. The Morgan fingerprint density at radius 3 is 2.47 bits per heavy atom. The average molecular weight is 237 g/mol. The van der Waals surface area contributed by atoms with Gasteiger partial charge in [-0.05, 0) is 29.5 Å². The smallest absolute Gasteiger partial charge is 0.121 e. The number of nitrogens with two attached hydrogens (primary N) is 1. The van der Waals surface area contributed by atoms with Gasteiger partial charge in [0.2, 0.25) is 0 Å². The molecule has 17 heavy (non-hydrogen) atoms. The molecule has 0 aromatic heterocycles. The highest BCUT2D eigenvalue weighted by Crippen LogP contribution is 2.21. The van der Waals surface area contributed by atoms with Gasteiger partial charge in [0.25, 0.3) is 0 Å². The molecule has 0 spiro atoms. The minimum Gasteiger partial charge on any atom is -0.497 e. The Labute approximate surface area is 104 Å². The lowest BCUT2D eigenvalue weighted by Gasteiger charge is -2.17. The fourth-order valence-corrected chi connectivity index (χ4v) is 1.46. The summed E-state index contributed by atoms with van der Waals surface area (Å²) < 4.78 is 10.8. The molecule has 96 valence electrons. The maximum absolute atomic E-state index is 5.77. The second-order valence-corrected chi connectivity index (χ2v) is 5.48. The van der Waals surface area contributed by atoms with Crippen LogP contribution in [0.15, 0.2) is 18.2 Å². The molecule has 0 bridgehead atoms. The molecule has 0 radical (unpaired) electrons. The van der Waals surface area contributed by atoms with E-state index in [-0.39, 0.29) is 0 Å². The summed E-state index contributed by atoms with van der Waals surface area (Å²) in [7, 11) is 1.64. The van der Waals surface area contributed by atoms with Gasteiger partial charge in [-0.15, -0.1) is 0 Å². The molecule has 0 atom stereocenters. The minimum atomic E-state index is 0.313. The number of methoxy groups -OCH3 is 1.